The normalized spacial score (nSPS) is 16.4. The number of nitrogens with one attached hydrogen (secondary N) is 1. The maximum absolute atomic E-state index is 5.74. The second kappa shape index (κ2) is 6.62. The summed E-state index contributed by atoms with van der Waals surface area (Å²) in [5.41, 5.74) is 5.74. The topological polar surface area (TPSA) is 38.0 Å². The van der Waals surface area contributed by atoms with Crippen molar-refractivity contribution >= 4 is 0 Å². The molecule has 0 fully saturated rings. The summed E-state index contributed by atoms with van der Waals surface area (Å²) >= 11 is 0. The second-order valence-electron chi connectivity index (χ2n) is 3.34. The molecule has 2 nitrogen and oxygen atoms in total. The van der Waals surface area contributed by atoms with Gasteiger partial charge in [0, 0.05) is 12.6 Å². The van der Waals surface area contributed by atoms with Crippen LogP contribution < -0.4 is 11.1 Å². The fourth-order valence-electron chi connectivity index (χ4n) is 0.804. The molecule has 68 valence electrons. The molecule has 3 N–H and O–H groups in total. The lowest BCUT2D eigenvalue weighted by atomic mass is 10.1. The number of nitrogens with two attached hydrogens (primary N) is 1. The molecular weight excluding hydrogens is 136 g/mol. The second-order valence-corrected chi connectivity index (χ2v) is 3.34. The summed E-state index contributed by atoms with van der Waals surface area (Å²) in [6.45, 7) is 8.65. The van der Waals surface area contributed by atoms with Gasteiger partial charge in [-0.1, -0.05) is 27.2 Å². The van der Waals surface area contributed by atoms with E-state index in [-0.39, 0.29) is 0 Å². The van der Waals surface area contributed by atoms with Gasteiger partial charge < -0.3 is 11.1 Å². The van der Waals surface area contributed by atoms with E-state index < -0.39 is 0 Å². The highest BCUT2D eigenvalue weighted by Crippen LogP contribution is 1.96. The predicted octanol–water partition coefficient (Wildman–Crippen LogP) is 1.36. The third-order valence-electron chi connectivity index (χ3n) is 2.12. The Morgan fingerprint density at radius 1 is 1.18 bits per heavy atom. The Hall–Kier alpha value is -0.0800. The van der Waals surface area contributed by atoms with Crippen molar-refractivity contribution in [1.29, 1.82) is 0 Å². The van der Waals surface area contributed by atoms with Gasteiger partial charge in [-0.2, -0.15) is 0 Å². The molecule has 0 heterocycles. The Bertz CT molecular complexity index is 73.6. The van der Waals surface area contributed by atoms with Crippen molar-refractivity contribution in [3.8, 4) is 0 Å². The van der Waals surface area contributed by atoms with Crippen LogP contribution in [0.5, 0.6) is 0 Å². The van der Waals surface area contributed by atoms with Crippen LogP contribution in [0.15, 0.2) is 0 Å². The zero-order chi connectivity index (χ0) is 8.69. The van der Waals surface area contributed by atoms with Crippen molar-refractivity contribution in [2.24, 2.45) is 11.7 Å². The smallest absolute Gasteiger partial charge is 0.0162 e. The van der Waals surface area contributed by atoms with Gasteiger partial charge in [-0.25, -0.2) is 0 Å². The van der Waals surface area contributed by atoms with Gasteiger partial charge in [0.15, 0.2) is 0 Å². The van der Waals surface area contributed by atoms with E-state index >= 15 is 0 Å². The van der Waals surface area contributed by atoms with Crippen molar-refractivity contribution < 1.29 is 0 Å². The van der Waals surface area contributed by atoms with Crippen molar-refractivity contribution in [3.05, 3.63) is 0 Å². The van der Waals surface area contributed by atoms with Gasteiger partial charge in [0.1, 0.15) is 0 Å². The van der Waals surface area contributed by atoms with Crippen LogP contribution in [0, 0.1) is 5.92 Å². The summed E-state index contributed by atoms with van der Waals surface area (Å²) < 4.78 is 0. The molecule has 0 amide bonds. The molecule has 0 aromatic heterocycles. The largest absolute Gasteiger partial charge is 0.327 e. The minimum atomic E-state index is 0.332. The molecule has 0 aromatic carbocycles. The quantitative estimate of drug-likeness (QED) is 0.612. The number of rotatable bonds is 6. The lowest BCUT2D eigenvalue weighted by Crippen LogP contribution is -2.35. The van der Waals surface area contributed by atoms with E-state index in [1.807, 2.05) is 0 Å². The Morgan fingerprint density at radius 3 is 2.27 bits per heavy atom. The molecule has 0 radical (unpaired) electrons. The Kier molecular flexibility index (Phi) is 6.57. The SMILES string of the molecule is CCC(C)CNCC(N)CC. The van der Waals surface area contributed by atoms with E-state index in [2.05, 4.69) is 26.1 Å². The lowest BCUT2D eigenvalue weighted by Gasteiger charge is -2.13. The van der Waals surface area contributed by atoms with Gasteiger partial charge in [0.2, 0.25) is 0 Å². The molecule has 2 heteroatoms. The van der Waals surface area contributed by atoms with E-state index in [1.165, 1.54) is 6.42 Å². The molecule has 0 bridgehead atoms. The van der Waals surface area contributed by atoms with Crippen LogP contribution in [0.4, 0.5) is 0 Å². The van der Waals surface area contributed by atoms with Crippen molar-refractivity contribution in [3.63, 3.8) is 0 Å². The predicted molar refractivity (Wildman–Crippen MR) is 50.6 cm³/mol. The summed E-state index contributed by atoms with van der Waals surface area (Å²) in [7, 11) is 0. The standard InChI is InChI=1S/C9H22N2/c1-4-8(3)6-11-7-9(10)5-2/h8-9,11H,4-7,10H2,1-3H3. The first-order valence-electron chi connectivity index (χ1n) is 4.66. The summed E-state index contributed by atoms with van der Waals surface area (Å²) in [5, 5.41) is 3.36. The van der Waals surface area contributed by atoms with Crippen LogP contribution >= 0.6 is 0 Å². The van der Waals surface area contributed by atoms with Crippen molar-refractivity contribution in [2.75, 3.05) is 13.1 Å². The first-order valence-corrected chi connectivity index (χ1v) is 4.66. The average molecular weight is 158 g/mol. The Morgan fingerprint density at radius 2 is 1.82 bits per heavy atom. The van der Waals surface area contributed by atoms with Crippen molar-refractivity contribution in [2.45, 2.75) is 39.7 Å². The van der Waals surface area contributed by atoms with E-state index in [1.54, 1.807) is 0 Å². The summed E-state index contributed by atoms with van der Waals surface area (Å²) in [4.78, 5) is 0. The molecule has 0 aliphatic carbocycles. The molecule has 0 saturated heterocycles. The highest BCUT2D eigenvalue weighted by Gasteiger charge is 2.00. The van der Waals surface area contributed by atoms with Gasteiger partial charge >= 0.3 is 0 Å². The summed E-state index contributed by atoms with van der Waals surface area (Å²) in [6.07, 6.45) is 2.31. The van der Waals surface area contributed by atoms with Crippen molar-refractivity contribution in [1.82, 2.24) is 5.32 Å². The van der Waals surface area contributed by atoms with E-state index in [9.17, 15) is 0 Å². The molecule has 2 unspecified atom stereocenters. The van der Waals surface area contributed by atoms with Crippen LogP contribution in [-0.2, 0) is 0 Å². The van der Waals surface area contributed by atoms with Crippen LogP contribution in [0.3, 0.4) is 0 Å². The number of hydrogen-bond donors (Lipinski definition) is 2. The Balaban J connectivity index is 3.13. The van der Waals surface area contributed by atoms with Gasteiger partial charge in [-0.3, -0.25) is 0 Å². The zero-order valence-corrected chi connectivity index (χ0v) is 8.06. The zero-order valence-electron chi connectivity index (χ0n) is 8.06. The molecular formula is C9H22N2. The first-order chi connectivity index (χ1) is 5.20. The average Bonchev–Trinajstić information content (AvgIpc) is 2.04. The van der Waals surface area contributed by atoms with E-state index in [4.69, 9.17) is 5.73 Å². The maximum atomic E-state index is 5.74. The monoisotopic (exact) mass is 158 g/mol. The fraction of sp³-hybridized carbons (Fsp3) is 1.00. The minimum Gasteiger partial charge on any atom is -0.327 e. The van der Waals surface area contributed by atoms with E-state index in [0.717, 1.165) is 25.4 Å². The Labute approximate surface area is 70.5 Å². The molecule has 0 rings (SSSR count). The molecule has 0 saturated carbocycles. The summed E-state index contributed by atoms with van der Waals surface area (Å²) in [6, 6.07) is 0.332. The summed E-state index contributed by atoms with van der Waals surface area (Å²) in [5.74, 6) is 0.777. The molecule has 0 aliphatic heterocycles. The molecule has 0 aromatic rings. The van der Waals surface area contributed by atoms with Gasteiger partial charge in [0.05, 0.1) is 0 Å². The fourth-order valence-corrected chi connectivity index (χ4v) is 0.804. The maximum Gasteiger partial charge on any atom is 0.0162 e. The third-order valence-corrected chi connectivity index (χ3v) is 2.12. The van der Waals surface area contributed by atoms with Crippen LogP contribution in [0.1, 0.15) is 33.6 Å². The van der Waals surface area contributed by atoms with E-state index in [0.29, 0.717) is 6.04 Å². The van der Waals surface area contributed by atoms with Crippen LogP contribution in [0.25, 0.3) is 0 Å². The molecule has 2 atom stereocenters. The molecule has 0 aliphatic rings. The van der Waals surface area contributed by atoms with Crippen LogP contribution in [0.2, 0.25) is 0 Å². The highest BCUT2D eigenvalue weighted by atomic mass is 14.9. The number of hydrogen-bond acceptors (Lipinski definition) is 2. The van der Waals surface area contributed by atoms with Crippen LogP contribution in [-0.4, -0.2) is 19.1 Å². The minimum absolute atomic E-state index is 0.332. The molecule has 0 spiro atoms. The lowest BCUT2D eigenvalue weighted by molar-refractivity contribution is 0.474. The van der Waals surface area contributed by atoms with Gasteiger partial charge in [-0.05, 0) is 18.9 Å². The first kappa shape index (κ1) is 10.9. The molecule has 11 heavy (non-hydrogen) atoms. The van der Waals surface area contributed by atoms with Gasteiger partial charge in [-0.15, -0.1) is 0 Å². The third kappa shape index (κ3) is 6.32. The van der Waals surface area contributed by atoms with Gasteiger partial charge in [0.25, 0.3) is 0 Å². The highest BCUT2D eigenvalue weighted by molar-refractivity contribution is 4.63.